The molecule has 0 unspecified atom stereocenters. The first-order valence-electron chi connectivity index (χ1n) is 22.5. The van der Waals surface area contributed by atoms with Crippen LogP contribution in [0.25, 0.3) is 11.1 Å². The van der Waals surface area contributed by atoms with Crippen LogP contribution in [0, 0.1) is 5.92 Å². The molecule has 0 aromatic heterocycles. The summed E-state index contributed by atoms with van der Waals surface area (Å²) in [6.45, 7) is 13.8. The fraction of sp³-hybridized carbons (Fsp3) is 0.451. The highest BCUT2D eigenvalue weighted by Crippen LogP contribution is 2.44. The van der Waals surface area contributed by atoms with Crippen molar-refractivity contribution in [3.8, 4) is 11.1 Å². The molecule has 6 atom stereocenters. The second-order valence-electron chi connectivity index (χ2n) is 19.2. The standard InChI is InChI=1S/C51H67N3O11Si/c1-32(2)44(54-49(62)63-30-39-37-25-17-15-23-35(37)36-24-16-18-26-38(36)39)47(60)53-40(48(61)65-50(3,4)5)27-28-43(57)52-29-41(55)45(58)46(59)42(56)31-64-66(51(6,7)8,33-19-11-9-12-20-33)34-21-13-10-14-22-34/h9-26,32,39-42,44-46,55-56,58-59H,27-31H2,1-8H3,(H,52,57)(H,53,60)(H,54,62)/t40-,41-,42+,44-,45+,46+/m0/s1. The van der Waals surface area contributed by atoms with Crippen LogP contribution in [-0.2, 0) is 28.3 Å². The molecule has 3 amide bonds. The minimum Gasteiger partial charge on any atom is -0.458 e. The third-order valence-corrected chi connectivity index (χ3v) is 16.8. The van der Waals surface area contributed by atoms with Crippen molar-refractivity contribution in [2.45, 2.75) is 121 Å². The van der Waals surface area contributed by atoms with Crippen molar-refractivity contribution in [1.82, 2.24) is 16.0 Å². The van der Waals surface area contributed by atoms with Crippen LogP contribution in [0.5, 0.6) is 0 Å². The molecule has 356 valence electrons. The van der Waals surface area contributed by atoms with Crippen molar-refractivity contribution in [3.05, 3.63) is 120 Å². The molecular weight excluding hydrogens is 859 g/mol. The summed E-state index contributed by atoms with van der Waals surface area (Å²) >= 11 is 0. The molecule has 14 nitrogen and oxygen atoms in total. The van der Waals surface area contributed by atoms with E-state index < -0.39 is 91.8 Å². The predicted molar refractivity (Wildman–Crippen MR) is 254 cm³/mol. The van der Waals surface area contributed by atoms with Crippen molar-refractivity contribution >= 4 is 42.6 Å². The van der Waals surface area contributed by atoms with Gasteiger partial charge in [-0.15, -0.1) is 0 Å². The zero-order valence-corrected chi connectivity index (χ0v) is 40.2. The highest BCUT2D eigenvalue weighted by atomic mass is 28.4. The maximum atomic E-state index is 13.7. The lowest BCUT2D eigenvalue weighted by atomic mass is 9.98. The number of rotatable bonds is 20. The number of ether oxygens (including phenoxy) is 2. The Morgan fingerprint density at radius 2 is 1.18 bits per heavy atom. The minimum absolute atomic E-state index is 0.0324. The van der Waals surface area contributed by atoms with Gasteiger partial charge in [-0.25, -0.2) is 9.59 Å². The molecule has 7 N–H and O–H groups in total. The van der Waals surface area contributed by atoms with Crippen LogP contribution < -0.4 is 26.3 Å². The van der Waals surface area contributed by atoms with Gasteiger partial charge in [0.1, 0.15) is 42.6 Å². The normalized spacial score (nSPS) is 15.6. The molecule has 0 bridgehead atoms. The van der Waals surface area contributed by atoms with E-state index in [0.29, 0.717) is 0 Å². The van der Waals surface area contributed by atoms with Gasteiger partial charge < -0.3 is 50.3 Å². The zero-order chi connectivity index (χ0) is 48.4. The molecule has 66 heavy (non-hydrogen) atoms. The topological polar surface area (TPSA) is 213 Å². The summed E-state index contributed by atoms with van der Waals surface area (Å²) < 4.78 is 17.9. The number of hydrogen-bond acceptors (Lipinski definition) is 11. The summed E-state index contributed by atoms with van der Waals surface area (Å²) in [4.78, 5) is 53.4. The number of aliphatic hydroxyl groups is 4. The third-order valence-electron chi connectivity index (χ3n) is 11.8. The SMILES string of the molecule is CC(C)[C@H](NC(=O)OCC1c2ccccc2-c2ccccc21)C(=O)N[C@@H](CCC(=O)NC[C@H](O)[C@@H](O)[C@H](O)[C@H](O)CO[Si](c1ccccc1)(c1ccccc1)C(C)(C)C)C(=O)OC(C)(C)C. The maximum Gasteiger partial charge on any atom is 0.407 e. The van der Waals surface area contributed by atoms with Crippen LogP contribution in [0.15, 0.2) is 109 Å². The predicted octanol–water partition coefficient (Wildman–Crippen LogP) is 4.29. The smallest absolute Gasteiger partial charge is 0.407 e. The van der Waals surface area contributed by atoms with Crippen LogP contribution >= 0.6 is 0 Å². The van der Waals surface area contributed by atoms with Gasteiger partial charge in [0.2, 0.25) is 11.8 Å². The van der Waals surface area contributed by atoms with E-state index in [9.17, 15) is 39.6 Å². The lowest BCUT2D eigenvalue weighted by Gasteiger charge is -2.43. The maximum absolute atomic E-state index is 13.7. The summed E-state index contributed by atoms with van der Waals surface area (Å²) in [5.74, 6) is -2.78. The minimum atomic E-state index is -3.10. The van der Waals surface area contributed by atoms with E-state index >= 15 is 0 Å². The van der Waals surface area contributed by atoms with Gasteiger partial charge in [0.15, 0.2) is 0 Å². The molecular formula is C51H67N3O11Si. The van der Waals surface area contributed by atoms with Crippen LogP contribution in [0.4, 0.5) is 4.79 Å². The number of alkyl carbamates (subject to hydrolysis) is 1. The number of carbonyl (C=O) groups excluding carboxylic acids is 4. The average molecular weight is 926 g/mol. The monoisotopic (exact) mass is 925 g/mol. The summed E-state index contributed by atoms with van der Waals surface area (Å²) in [5, 5.41) is 53.1. The van der Waals surface area contributed by atoms with E-state index in [4.69, 9.17) is 13.9 Å². The van der Waals surface area contributed by atoms with Gasteiger partial charge in [-0.3, -0.25) is 9.59 Å². The quantitative estimate of drug-likeness (QED) is 0.0491. The van der Waals surface area contributed by atoms with E-state index in [2.05, 4.69) is 36.7 Å². The first-order valence-corrected chi connectivity index (χ1v) is 24.4. The number of esters is 1. The Balaban J connectivity index is 1.16. The molecule has 0 spiro atoms. The number of aliphatic hydroxyl groups excluding tert-OH is 4. The fourth-order valence-corrected chi connectivity index (χ4v) is 13.0. The molecule has 1 aliphatic carbocycles. The Labute approximate surface area is 389 Å². The first-order chi connectivity index (χ1) is 31.1. The van der Waals surface area contributed by atoms with E-state index in [0.717, 1.165) is 32.6 Å². The van der Waals surface area contributed by atoms with Gasteiger partial charge in [-0.05, 0) is 70.8 Å². The Hall–Kier alpha value is -5.42. The second kappa shape index (κ2) is 22.4. The molecule has 0 aliphatic heterocycles. The Morgan fingerprint density at radius 3 is 1.68 bits per heavy atom. The number of carbonyl (C=O) groups is 4. The molecule has 0 heterocycles. The van der Waals surface area contributed by atoms with Crippen LogP contribution in [-0.4, -0.2) is 114 Å². The largest absolute Gasteiger partial charge is 0.458 e. The molecule has 0 saturated carbocycles. The van der Waals surface area contributed by atoms with Crippen LogP contribution in [0.3, 0.4) is 0 Å². The molecule has 0 radical (unpaired) electrons. The highest BCUT2D eigenvalue weighted by Gasteiger charge is 2.51. The number of fused-ring (bicyclic) bond motifs is 3. The van der Waals surface area contributed by atoms with Crippen molar-refractivity contribution in [2.24, 2.45) is 5.92 Å². The van der Waals surface area contributed by atoms with Crippen molar-refractivity contribution in [3.63, 3.8) is 0 Å². The Morgan fingerprint density at radius 1 is 0.682 bits per heavy atom. The summed E-state index contributed by atoms with van der Waals surface area (Å²) in [6, 6.07) is 32.8. The lowest BCUT2D eigenvalue weighted by Crippen LogP contribution is -2.67. The van der Waals surface area contributed by atoms with E-state index in [1.807, 2.05) is 109 Å². The molecule has 15 heteroatoms. The van der Waals surface area contributed by atoms with E-state index in [1.165, 1.54) is 0 Å². The molecule has 0 fully saturated rings. The molecule has 4 aromatic carbocycles. The van der Waals surface area contributed by atoms with E-state index in [1.54, 1.807) is 34.6 Å². The van der Waals surface area contributed by atoms with Gasteiger partial charge >= 0.3 is 12.1 Å². The van der Waals surface area contributed by atoms with Crippen LogP contribution in [0.1, 0.15) is 85.3 Å². The summed E-state index contributed by atoms with van der Waals surface area (Å²) in [5.41, 5.74) is 3.27. The molecule has 0 saturated heterocycles. The number of benzene rings is 4. The summed E-state index contributed by atoms with van der Waals surface area (Å²) in [7, 11) is -3.10. The van der Waals surface area contributed by atoms with Crippen LogP contribution in [0.2, 0.25) is 5.04 Å². The molecule has 4 aromatic rings. The molecule has 5 rings (SSSR count). The van der Waals surface area contributed by atoms with Gasteiger partial charge in [-0.1, -0.05) is 144 Å². The Kier molecular flexibility index (Phi) is 17.5. The van der Waals surface area contributed by atoms with Crippen molar-refractivity contribution in [2.75, 3.05) is 19.8 Å². The number of nitrogens with one attached hydrogen (secondary N) is 3. The lowest BCUT2D eigenvalue weighted by molar-refractivity contribution is -0.159. The van der Waals surface area contributed by atoms with Gasteiger partial charge in [0.05, 0.1) is 12.7 Å². The first kappa shape index (κ1) is 51.6. The van der Waals surface area contributed by atoms with E-state index in [-0.39, 0.29) is 32.0 Å². The highest BCUT2D eigenvalue weighted by molar-refractivity contribution is 6.99. The van der Waals surface area contributed by atoms with Crippen molar-refractivity contribution in [1.29, 1.82) is 0 Å². The summed E-state index contributed by atoms with van der Waals surface area (Å²) in [6.07, 6.45) is -8.41. The zero-order valence-electron chi connectivity index (χ0n) is 39.2. The van der Waals surface area contributed by atoms with Crippen molar-refractivity contribution < 1.29 is 53.5 Å². The third kappa shape index (κ3) is 12.7. The van der Waals surface area contributed by atoms with Gasteiger partial charge in [0, 0.05) is 18.9 Å². The Bertz CT molecular complexity index is 2160. The fourth-order valence-electron chi connectivity index (χ4n) is 8.41. The van der Waals surface area contributed by atoms with Gasteiger partial charge in [-0.2, -0.15) is 0 Å². The average Bonchev–Trinajstić information content (AvgIpc) is 3.60. The second-order valence-corrected chi connectivity index (χ2v) is 23.5. The number of amides is 3. The number of hydrogen-bond donors (Lipinski definition) is 7. The van der Waals surface area contributed by atoms with Gasteiger partial charge in [0.25, 0.3) is 8.32 Å². The molecule has 1 aliphatic rings.